The van der Waals surface area contributed by atoms with Crippen LogP contribution in [0.5, 0.6) is 0 Å². The molecule has 1 fully saturated rings. The Hall–Kier alpha value is -2.13. The SMILES string of the molecule is CC(C)[C@H]1CC[C@@H](C)C[C@H]1OCC(=O)O[C@H](c1ccccc1)[C@H](C)c1ccccc1. The Labute approximate surface area is 181 Å². The van der Waals surface area contributed by atoms with E-state index < -0.39 is 0 Å². The topological polar surface area (TPSA) is 35.5 Å². The summed E-state index contributed by atoms with van der Waals surface area (Å²) in [6.45, 7) is 8.91. The van der Waals surface area contributed by atoms with Crippen LogP contribution >= 0.6 is 0 Å². The summed E-state index contributed by atoms with van der Waals surface area (Å²) in [7, 11) is 0. The molecule has 0 N–H and O–H groups in total. The van der Waals surface area contributed by atoms with Gasteiger partial charge < -0.3 is 9.47 Å². The van der Waals surface area contributed by atoms with Crippen LogP contribution in [0, 0.1) is 17.8 Å². The maximum absolute atomic E-state index is 12.8. The minimum atomic E-state index is -0.337. The van der Waals surface area contributed by atoms with E-state index in [1.165, 1.54) is 12.8 Å². The van der Waals surface area contributed by atoms with E-state index in [0.717, 1.165) is 17.5 Å². The lowest BCUT2D eigenvalue weighted by Gasteiger charge is -2.37. The van der Waals surface area contributed by atoms with E-state index in [2.05, 4.69) is 39.8 Å². The van der Waals surface area contributed by atoms with Crippen LogP contribution in [0.4, 0.5) is 0 Å². The highest BCUT2D eigenvalue weighted by molar-refractivity contribution is 5.71. The van der Waals surface area contributed by atoms with Crippen molar-refractivity contribution in [2.75, 3.05) is 6.61 Å². The molecule has 0 unspecified atom stereocenters. The Bertz CT molecular complexity index is 771. The maximum Gasteiger partial charge on any atom is 0.332 e. The number of rotatable bonds is 8. The Kier molecular flexibility index (Phi) is 8.09. The van der Waals surface area contributed by atoms with Gasteiger partial charge in [0.15, 0.2) is 0 Å². The van der Waals surface area contributed by atoms with Gasteiger partial charge in [0.25, 0.3) is 0 Å². The van der Waals surface area contributed by atoms with Crippen molar-refractivity contribution in [3.8, 4) is 0 Å². The fourth-order valence-corrected chi connectivity index (χ4v) is 4.69. The fraction of sp³-hybridized carbons (Fsp3) is 0.519. The minimum Gasteiger partial charge on any atom is -0.455 e. The van der Waals surface area contributed by atoms with E-state index in [4.69, 9.17) is 9.47 Å². The van der Waals surface area contributed by atoms with Crippen molar-refractivity contribution in [3.63, 3.8) is 0 Å². The molecule has 2 aromatic rings. The third kappa shape index (κ3) is 5.95. The highest BCUT2D eigenvalue weighted by atomic mass is 16.6. The van der Waals surface area contributed by atoms with Crippen molar-refractivity contribution in [1.82, 2.24) is 0 Å². The Balaban J connectivity index is 1.67. The summed E-state index contributed by atoms with van der Waals surface area (Å²) in [6, 6.07) is 20.2. The lowest BCUT2D eigenvalue weighted by molar-refractivity contribution is -0.161. The molecule has 2 aromatic carbocycles. The molecule has 1 aliphatic rings. The number of benzene rings is 2. The summed E-state index contributed by atoms with van der Waals surface area (Å²) in [5, 5.41) is 0. The largest absolute Gasteiger partial charge is 0.455 e. The second-order valence-corrected chi connectivity index (χ2v) is 9.20. The van der Waals surface area contributed by atoms with Gasteiger partial charge in [0, 0.05) is 5.92 Å². The Morgan fingerprint density at radius 1 is 0.933 bits per heavy atom. The van der Waals surface area contributed by atoms with Gasteiger partial charge in [-0.3, -0.25) is 0 Å². The molecule has 0 radical (unpaired) electrons. The highest BCUT2D eigenvalue weighted by Gasteiger charge is 2.32. The predicted octanol–water partition coefficient (Wildman–Crippen LogP) is 6.55. The number of ether oxygens (including phenoxy) is 2. The normalized spacial score (nSPS) is 23.7. The first kappa shape index (κ1) is 22.6. The van der Waals surface area contributed by atoms with Crippen LogP contribution in [-0.2, 0) is 14.3 Å². The molecule has 3 nitrogen and oxygen atoms in total. The summed E-state index contributed by atoms with van der Waals surface area (Å²) >= 11 is 0. The molecule has 0 aliphatic heterocycles. The van der Waals surface area contributed by atoms with Crippen LogP contribution < -0.4 is 0 Å². The van der Waals surface area contributed by atoms with Crippen molar-refractivity contribution < 1.29 is 14.3 Å². The van der Waals surface area contributed by atoms with E-state index in [1.807, 2.05) is 48.5 Å². The van der Waals surface area contributed by atoms with Crippen molar-refractivity contribution >= 4 is 5.97 Å². The van der Waals surface area contributed by atoms with Gasteiger partial charge in [0.2, 0.25) is 0 Å². The zero-order valence-corrected chi connectivity index (χ0v) is 18.8. The van der Waals surface area contributed by atoms with Gasteiger partial charge in [-0.1, -0.05) is 94.8 Å². The Morgan fingerprint density at radius 3 is 2.13 bits per heavy atom. The van der Waals surface area contributed by atoms with E-state index in [0.29, 0.717) is 17.8 Å². The summed E-state index contributed by atoms with van der Waals surface area (Å²) in [5.41, 5.74) is 2.16. The molecule has 1 saturated carbocycles. The van der Waals surface area contributed by atoms with Crippen LogP contribution in [0.3, 0.4) is 0 Å². The van der Waals surface area contributed by atoms with Gasteiger partial charge in [-0.2, -0.15) is 0 Å². The quantitative estimate of drug-likeness (QED) is 0.465. The van der Waals surface area contributed by atoms with Crippen molar-refractivity contribution in [3.05, 3.63) is 71.8 Å². The van der Waals surface area contributed by atoms with Gasteiger partial charge in [0.05, 0.1) is 6.10 Å². The average molecular weight is 409 g/mol. The summed E-state index contributed by atoms with van der Waals surface area (Å²) in [5.74, 6) is 1.50. The van der Waals surface area contributed by atoms with E-state index >= 15 is 0 Å². The first-order valence-electron chi connectivity index (χ1n) is 11.4. The summed E-state index contributed by atoms with van der Waals surface area (Å²) in [6.07, 6.45) is 3.26. The number of esters is 1. The Morgan fingerprint density at radius 2 is 1.53 bits per heavy atom. The zero-order chi connectivity index (χ0) is 21.5. The van der Waals surface area contributed by atoms with Crippen LogP contribution in [0.2, 0.25) is 0 Å². The van der Waals surface area contributed by atoms with Crippen molar-refractivity contribution in [2.24, 2.45) is 17.8 Å². The molecule has 3 heteroatoms. The minimum absolute atomic E-state index is 0.0193. The standard InChI is InChI=1S/C27H36O3/c1-19(2)24-16-15-20(3)17-25(24)29-18-26(28)30-27(23-13-9-6-10-14-23)21(4)22-11-7-5-8-12-22/h5-14,19-21,24-25,27H,15-18H2,1-4H3/t20-,21-,24-,25-,27+/m1/s1. The lowest BCUT2D eigenvalue weighted by atomic mass is 9.75. The number of hydrogen-bond donors (Lipinski definition) is 0. The molecule has 0 bridgehead atoms. The molecular weight excluding hydrogens is 372 g/mol. The smallest absolute Gasteiger partial charge is 0.332 e. The van der Waals surface area contributed by atoms with E-state index in [1.54, 1.807) is 0 Å². The first-order chi connectivity index (χ1) is 14.5. The van der Waals surface area contributed by atoms with Gasteiger partial charge in [0.1, 0.15) is 12.7 Å². The number of hydrogen-bond acceptors (Lipinski definition) is 3. The fourth-order valence-electron chi connectivity index (χ4n) is 4.69. The van der Waals surface area contributed by atoms with Crippen molar-refractivity contribution in [1.29, 1.82) is 0 Å². The van der Waals surface area contributed by atoms with E-state index in [-0.39, 0.29) is 30.7 Å². The molecule has 1 aliphatic carbocycles. The molecular formula is C27H36O3. The summed E-state index contributed by atoms with van der Waals surface area (Å²) < 4.78 is 12.1. The maximum atomic E-state index is 12.8. The van der Waals surface area contributed by atoms with Gasteiger partial charge in [-0.25, -0.2) is 4.79 Å². The highest BCUT2D eigenvalue weighted by Crippen LogP contribution is 2.36. The molecule has 0 heterocycles. The van der Waals surface area contributed by atoms with Gasteiger partial charge in [-0.15, -0.1) is 0 Å². The second-order valence-electron chi connectivity index (χ2n) is 9.20. The van der Waals surface area contributed by atoms with Crippen molar-refractivity contribution in [2.45, 2.75) is 65.1 Å². The molecule has 5 atom stereocenters. The first-order valence-corrected chi connectivity index (χ1v) is 11.4. The molecule has 30 heavy (non-hydrogen) atoms. The predicted molar refractivity (Wildman–Crippen MR) is 121 cm³/mol. The zero-order valence-electron chi connectivity index (χ0n) is 18.8. The molecule has 3 rings (SSSR count). The molecule has 162 valence electrons. The number of carbonyl (C=O) groups excluding carboxylic acids is 1. The lowest BCUT2D eigenvalue weighted by Crippen LogP contribution is -2.36. The summed E-state index contributed by atoms with van der Waals surface area (Å²) in [4.78, 5) is 12.8. The van der Waals surface area contributed by atoms with E-state index in [9.17, 15) is 4.79 Å². The number of carbonyl (C=O) groups is 1. The molecule has 0 aromatic heterocycles. The van der Waals surface area contributed by atoms with Crippen LogP contribution in [-0.4, -0.2) is 18.7 Å². The van der Waals surface area contributed by atoms with Gasteiger partial charge >= 0.3 is 5.97 Å². The van der Waals surface area contributed by atoms with Crippen LogP contribution in [0.15, 0.2) is 60.7 Å². The molecule has 0 spiro atoms. The van der Waals surface area contributed by atoms with Crippen LogP contribution in [0.25, 0.3) is 0 Å². The molecule has 0 amide bonds. The third-order valence-electron chi connectivity index (χ3n) is 6.54. The molecule has 0 saturated heterocycles. The van der Waals surface area contributed by atoms with Crippen LogP contribution in [0.1, 0.15) is 70.1 Å². The third-order valence-corrected chi connectivity index (χ3v) is 6.54. The second kappa shape index (κ2) is 10.8. The monoisotopic (exact) mass is 408 g/mol. The average Bonchev–Trinajstić information content (AvgIpc) is 2.76. The van der Waals surface area contributed by atoms with Gasteiger partial charge in [-0.05, 0) is 41.7 Å².